The highest BCUT2D eigenvalue weighted by molar-refractivity contribution is 7.98. The lowest BCUT2D eigenvalue weighted by Crippen LogP contribution is -2.58. The maximum absolute atomic E-state index is 13.6. The van der Waals surface area contributed by atoms with Gasteiger partial charge in [0.25, 0.3) is 0 Å². The zero-order valence-electron chi connectivity index (χ0n) is 24.6. The molecule has 0 saturated heterocycles. The largest absolute Gasteiger partial charge is 0.508 e. The summed E-state index contributed by atoms with van der Waals surface area (Å²) in [6.45, 7) is 3.81. The number of phenolic OH excluding ortho intramolecular Hbond substituents is 1. The number of nitrogens with two attached hydrogens (primary N) is 1. The summed E-state index contributed by atoms with van der Waals surface area (Å²) in [7, 11) is 0. The third kappa shape index (κ3) is 10.0. The van der Waals surface area contributed by atoms with E-state index in [2.05, 4.69) is 20.9 Å². The van der Waals surface area contributed by atoms with Crippen molar-refractivity contribution in [3.63, 3.8) is 0 Å². The number of aliphatic carboxylic acids is 1. The molecule has 0 aliphatic rings. The van der Waals surface area contributed by atoms with Crippen molar-refractivity contribution in [2.24, 2.45) is 11.7 Å². The van der Waals surface area contributed by atoms with E-state index in [1.54, 1.807) is 18.3 Å². The Morgan fingerprint density at radius 2 is 1.51 bits per heavy atom. The molecule has 0 aliphatic carbocycles. The van der Waals surface area contributed by atoms with E-state index in [0.29, 0.717) is 5.75 Å². The molecule has 2 aromatic carbocycles. The van der Waals surface area contributed by atoms with Crippen molar-refractivity contribution in [2.75, 3.05) is 12.0 Å². The number of H-pyrrole nitrogens is 1. The maximum atomic E-state index is 13.6. The van der Waals surface area contributed by atoms with E-state index in [0.717, 1.165) is 22.0 Å². The summed E-state index contributed by atoms with van der Waals surface area (Å²) in [6.07, 6.45) is 4.41. The molecule has 8 N–H and O–H groups in total. The van der Waals surface area contributed by atoms with Crippen LogP contribution >= 0.6 is 11.8 Å². The van der Waals surface area contributed by atoms with Crippen molar-refractivity contribution >= 4 is 46.4 Å². The number of thioether (sulfide) groups is 1. The molecule has 3 aromatic rings. The lowest BCUT2D eigenvalue weighted by atomic mass is 9.99. The van der Waals surface area contributed by atoms with Gasteiger partial charge in [-0.05, 0) is 66.5 Å². The van der Waals surface area contributed by atoms with Gasteiger partial charge in [-0.15, -0.1) is 0 Å². The molecule has 4 unspecified atom stereocenters. The minimum atomic E-state index is -1.16. The summed E-state index contributed by atoms with van der Waals surface area (Å²) >= 11 is 1.47. The SMILES string of the molecule is CSCCC(NC(=O)C(Cc1c[nH]c2ccccc12)NC(=O)C(CC(C)C)NC(=O)C(N)Cc1ccc(O)cc1)C(=O)O. The number of hydrogen-bond acceptors (Lipinski definition) is 7. The van der Waals surface area contributed by atoms with Gasteiger partial charge in [0.05, 0.1) is 6.04 Å². The zero-order chi connectivity index (χ0) is 31.5. The Kier molecular flexibility index (Phi) is 12.4. The van der Waals surface area contributed by atoms with Crippen LogP contribution in [-0.2, 0) is 32.0 Å². The molecule has 11 nitrogen and oxygen atoms in total. The number of carbonyl (C=O) groups excluding carboxylic acids is 3. The number of aromatic hydroxyl groups is 1. The highest BCUT2D eigenvalue weighted by Crippen LogP contribution is 2.20. The van der Waals surface area contributed by atoms with Crippen LogP contribution in [0.25, 0.3) is 10.9 Å². The van der Waals surface area contributed by atoms with Gasteiger partial charge >= 0.3 is 5.97 Å². The van der Waals surface area contributed by atoms with Gasteiger partial charge in [-0.25, -0.2) is 4.79 Å². The Bertz CT molecular complexity index is 1390. The summed E-state index contributed by atoms with van der Waals surface area (Å²) in [5.74, 6) is -2.25. The average molecular weight is 612 g/mol. The van der Waals surface area contributed by atoms with Crippen LogP contribution in [0, 0.1) is 5.92 Å². The van der Waals surface area contributed by atoms with Gasteiger partial charge in [0.15, 0.2) is 0 Å². The fourth-order valence-electron chi connectivity index (χ4n) is 4.73. The van der Waals surface area contributed by atoms with E-state index in [4.69, 9.17) is 5.73 Å². The number of aromatic nitrogens is 1. The zero-order valence-corrected chi connectivity index (χ0v) is 25.4. The monoisotopic (exact) mass is 611 g/mol. The van der Waals surface area contributed by atoms with E-state index in [1.165, 1.54) is 23.9 Å². The molecule has 3 amide bonds. The highest BCUT2D eigenvalue weighted by Gasteiger charge is 2.31. The first-order chi connectivity index (χ1) is 20.5. The molecule has 12 heteroatoms. The number of carboxylic acid groups (broad SMARTS) is 1. The number of phenols is 1. The Hall–Kier alpha value is -4.03. The second-order valence-electron chi connectivity index (χ2n) is 11.0. The minimum absolute atomic E-state index is 0.0215. The van der Waals surface area contributed by atoms with Gasteiger partial charge in [-0.1, -0.05) is 44.2 Å². The van der Waals surface area contributed by atoms with Gasteiger partial charge in [0, 0.05) is 23.5 Å². The lowest BCUT2D eigenvalue weighted by Gasteiger charge is -2.26. The second kappa shape index (κ2) is 16.0. The van der Waals surface area contributed by atoms with Crippen molar-refractivity contribution in [2.45, 2.75) is 63.7 Å². The molecular formula is C31H41N5O6S. The van der Waals surface area contributed by atoms with Gasteiger partial charge < -0.3 is 36.9 Å². The number of fused-ring (bicyclic) bond motifs is 1. The minimum Gasteiger partial charge on any atom is -0.508 e. The van der Waals surface area contributed by atoms with E-state index < -0.39 is 47.9 Å². The molecule has 0 saturated carbocycles. The van der Waals surface area contributed by atoms with Gasteiger partial charge in [0.2, 0.25) is 17.7 Å². The quantitative estimate of drug-likeness (QED) is 0.129. The third-order valence-corrected chi connectivity index (χ3v) is 7.67. The first-order valence-corrected chi connectivity index (χ1v) is 15.6. The maximum Gasteiger partial charge on any atom is 0.326 e. The number of aromatic amines is 1. The van der Waals surface area contributed by atoms with Gasteiger partial charge in [0.1, 0.15) is 23.9 Å². The van der Waals surface area contributed by atoms with Crippen LogP contribution in [0.15, 0.2) is 54.7 Å². The van der Waals surface area contributed by atoms with Crippen LogP contribution < -0.4 is 21.7 Å². The van der Waals surface area contributed by atoms with Gasteiger partial charge in [-0.2, -0.15) is 11.8 Å². The smallest absolute Gasteiger partial charge is 0.326 e. The standard InChI is InChI=1S/C31H41N5O6S/c1-18(2)14-26(35-28(38)23(32)15-19-8-10-21(37)11-9-19)29(39)36-27(30(40)34-25(31(41)42)12-13-43-3)16-20-17-33-24-7-5-4-6-22(20)24/h4-11,17-18,23,25-27,33,37H,12-16,32H2,1-3H3,(H,34,40)(H,35,38)(H,36,39)(H,41,42). The number of hydrogen-bond donors (Lipinski definition) is 7. The first kappa shape index (κ1) is 33.5. The van der Waals surface area contributed by atoms with Crippen LogP contribution in [0.1, 0.15) is 37.8 Å². The average Bonchev–Trinajstić information content (AvgIpc) is 3.37. The number of carbonyl (C=O) groups is 4. The number of rotatable bonds is 16. The summed E-state index contributed by atoms with van der Waals surface area (Å²) in [5, 5.41) is 28.2. The summed E-state index contributed by atoms with van der Waals surface area (Å²) in [6, 6.07) is 9.71. The molecule has 4 atom stereocenters. The molecule has 232 valence electrons. The molecule has 3 rings (SSSR count). The Labute approximate surface area is 255 Å². The highest BCUT2D eigenvalue weighted by atomic mass is 32.2. The van der Waals surface area contributed by atoms with Crippen LogP contribution in [0.5, 0.6) is 5.75 Å². The van der Waals surface area contributed by atoms with Gasteiger partial charge in [-0.3, -0.25) is 14.4 Å². The Balaban J connectivity index is 1.80. The van der Waals surface area contributed by atoms with Crippen LogP contribution in [0.3, 0.4) is 0 Å². The third-order valence-electron chi connectivity index (χ3n) is 7.03. The number of para-hydroxylation sites is 1. The van der Waals surface area contributed by atoms with Crippen LogP contribution in [0.4, 0.5) is 0 Å². The van der Waals surface area contributed by atoms with Crippen LogP contribution in [-0.4, -0.2) is 75.1 Å². The van der Waals surface area contributed by atoms with Crippen molar-refractivity contribution < 1.29 is 29.4 Å². The van der Waals surface area contributed by atoms with E-state index in [-0.39, 0.29) is 37.4 Å². The fraction of sp³-hybridized carbons (Fsp3) is 0.419. The Morgan fingerprint density at radius 1 is 0.884 bits per heavy atom. The molecule has 1 aromatic heterocycles. The topological polar surface area (TPSA) is 187 Å². The van der Waals surface area contributed by atoms with Crippen molar-refractivity contribution in [3.8, 4) is 5.75 Å². The van der Waals surface area contributed by atoms with E-state index >= 15 is 0 Å². The van der Waals surface area contributed by atoms with E-state index in [1.807, 2.05) is 44.4 Å². The summed E-state index contributed by atoms with van der Waals surface area (Å²) < 4.78 is 0. The number of nitrogens with one attached hydrogen (secondary N) is 4. The number of benzene rings is 2. The predicted octanol–water partition coefficient (Wildman–Crippen LogP) is 2.32. The molecule has 0 fully saturated rings. The van der Waals surface area contributed by atoms with Crippen molar-refractivity contribution in [3.05, 3.63) is 65.9 Å². The Morgan fingerprint density at radius 3 is 2.16 bits per heavy atom. The molecule has 0 radical (unpaired) electrons. The molecule has 43 heavy (non-hydrogen) atoms. The predicted molar refractivity (Wildman–Crippen MR) is 168 cm³/mol. The molecule has 0 spiro atoms. The molecule has 0 bridgehead atoms. The number of carboxylic acids is 1. The first-order valence-electron chi connectivity index (χ1n) is 14.2. The molecule has 0 aliphatic heterocycles. The summed E-state index contributed by atoms with van der Waals surface area (Å²) in [4.78, 5) is 55.2. The number of amides is 3. The summed E-state index contributed by atoms with van der Waals surface area (Å²) in [5.41, 5.74) is 8.53. The normalized spacial score (nSPS) is 14.1. The van der Waals surface area contributed by atoms with Crippen molar-refractivity contribution in [1.82, 2.24) is 20.9 Å². The molecule has 1 heterocycles. The fourth-order valence-corrected chi connectivity index (χ4v) is 5.20. The molecular weight excluding hydrogens is 570 g/mol. The second-order valence-corrected chi connectivity index (χ2v) is 12.0. The van der Waals surface area contributed by atoms with Crippen LogP contribution in [0.2, 0.25) is 0 Å². The van der Waals surface area contributed by atoms with E-state index in [9.17, 15) is 29.4 Å². The van der Waals surface area contributed by atoms with Crippen molar-refractivity contribution in [1.29, 1.82) is 0 Å². The lowest BCUT2D eigenvalue weighted by molar-refractivity contribution is -0.142.